The Balaban J connectivity index is 0.000000141. The highest BCUT2D eigenvalue weighted by Crippen LogP contribution is 2.42. The van der Waals surface area contributed by atoms with Crippen LogP contribution in [0, 0.1) is 0 Å². The summed E-state index contributed by atoms with van der Waals surface area (Å²) in [5.41, 5.74) is 25.7. The van der Waals surface area contributed by atoms with Crippen molar-refractivity contribution in [2.75, 3.05) is 0 Å². The lowest BCUT2D eigenvalue weighted by molar-refractivity contribution is 1.07. The first-order valence-corrected chi connectivity index (χ1v) is 37.4. The van der Waals surface area contributed by atoms with Gasteiger partial charge in [-0.25, -0.2) is 29.9 Å². The molecule has 0 aliphatic heterocycles. The number of aromatic nitrogens is 12. The van der Waals surface area contributed by atoms with E-state index in [9.17, 15) is 0 Å². The molecule has 12 nitrogen and oxygen atoms in total. The van der Waals surface area contributed by atoms with Gasteiger partial charge >= 0.3 is 0 Å². The summed E-state index contributed by atoms with van der Waals surface area (Å²) in [7, 11) is 0. The average Bonchev–Trinajstić information content (AvgIpc) is 1.59. The van der Waals surface area contributed by atoms with E-state index in [4.69, 9.17) is 29.9 Å². The van der Waals surface area contributed by atoms with E-state index in [1.54, 1.807) is 12.4 Å². The first kappa shape index (κ1) is 64.9. The predicted octanol–water partition coefficient (Wildman–Crippen LogP) is 24.3. The number of pyridine rings is 5. The quantitative estimate of drug-likeness (QED) is 0.119. The summed E-state index contributed by atoms with van der Waals surface area (Å²) < 4.78 is 9.21. The van der Waals surface area contributed by atoms with Crippen LogP contribution < -0.4 is 0 Å². The highest BCUT2D eigenvalue weighted by Gasteiger charge is 2.22. The third-order valence-corrected chi connectivity index (χ3v) is 21.3. The van der Waals surface area contributed by atoms with E-state index in [1.807, 2.05) is 122 Å². The van der Waals surface area contributed by atoms with E-state index in [0.29, 0.717) is 17.5 Å². The maximum Gasteiger partial charge on any atom is 0.164 e. The van der Waals surface area contributed by atoms with Crippen molar-refractivity contribution in [3.05, 3.63) is 389 Å². The van der Waals surface area contributed by atoms with Crippen LogP contribution in [0.2, 0.25) is 0 Å². The molecule has 12 heteroatoms. The maximum absolute atomic E-state index is 5.10. The fourth-order valence-corrected chi connectivity index (χ4v) is 16.1. The van der Waals surface area contributed by atoms with Gasteiger partial charge in [0.2, 0.25) is 0 Å². The smallest absolute Gasteiger partial charge is 0.164 e. The Morgan fingerprint density at radius 3 is 0.946 bits per heavy atom. The molecule has 524 valence electrons. The molecule has 22 aromatic rings. The maximum atomic E-state index is 5.10. The topological polar surface area (TPSA) is 123 Å². The zero-order chi connectivity index (χ0) is 74.0. The van der Waals surface area contributed by atoms with Crippen LogP contribution >= 0.6 is 0 Å². The summed E-state index contributed by atoms with van der Waals surface area (Å²) in [6, 6.07) is 127. The molecule has 10 aromatic heterocycles. The van der Waals surface area contributed by atoms with E-state index in [2.05, 4.69) is 283 Å². The van der Waals surface area contributed by atoms with Crippen LogP contribution in [0.4, 0.5) is 0 Å². The van der Waals surface area contributed by atoms with Crippen molar-refractivity contribution < 1.29 is 0 Å². The third-order valence-electron chi connectivity index (χ3n) is 21.3. The van der Waals surface area contributed by atoms with Crippen molar-refractivity contribution in [2.24, 2.45) is 0 Å². The Morgan fingerprint density at radius 1 is 0.170 bits per heavy atom. The van der Waals surface area contributed by atoms with Crippen LogP contribution in [-0.4, -0.2) is 58.1 Å². The van der Waals surface area contributed by atoms with E-state index in [0.717, 1.165) is 151 Å². The van der Waals surface area contributed by atoms with E-state index in [-0.39, 0.29) is 0 Å². The average molecular weight is 1430 g/mol. The molecule has 0 spiro atoms. The molecule has 0 atom stereocenters. The highest BCUT2D eigenvalue weighted by atomic mass is 15.1. The van der Waals surface area contributed by atoms with Gasteiger partial charge in [-0.3, -0.25) is 19.1 Å². The Bertz CT molecular complexity index is 7230. The number of rotatable bonds is 12. The van der Waals surface area contributed by atoms with Crippen LogP contribution in [-0.2, 0) is 0 Å². The number of hydrogen-bond donors (Lipinski definition) is 0. The van der Waals surface area contributed by atoms with E-state index in [1.165, 1.54) is 32.3 Å². The number of fused-ring (bicyclic) bond motifs is 12. The van der Waals surface area contributed by atoms with Crippen molar-refractivity contribution in [3.63, 3.8) is 0 Å². The summed E-state index contributed by atoms with van der Waals surface area (Å²) in [5, 5.41) is 9.41. The van der Waals surface area contributed by atoms with Crippen LogP contribution in [0.15, 0.2) is 389 Å². The Kier molecular flexibility index (Phi) is 15.9. The minimum atomic E-state index is 0.633. The first-order chi connectivity index (χ1) is 55.5. The van der Waals surface area contributed by atoms with Crippen LogP contribution in [0.3, 0.4) is 0 Å². The molecule has 22 rings (SSSR count). The first-order valence-electron chi connectivity index (χ1n) is 37.4. The lowest BCUT2D eigenvalue weighted by Gasteiger charge is -2.12. The number of para-hydroxylation sites is 6. The molecule has 0 aliphatic rings. The molecule has 0 amide bonds. The standard InChI is InChI=1S/2C50H32N6/c1-4-14-33(15-5-1)47-52-48(34-16-6-2-7-17-34)54-49(53-47)35-24-27-39(28-25-35)55-44-22-12-10-20-40(44)42-30-36(26-29-46(42)55)37-31-43-41-21-11-13-23-45(41)56(50(43)51-32-37)38-18-8-3-9-19-38;1-2-14-37(15-3-1)56-48-22-7-5-18-40(48)42-29-36(32-53-50(42)56)34-23-24-49-41(28-34)39-17-4-6-21-47(39)55(49)38-16-12-13-33(27-38)35-30-45(43-19-8-10-25-51-43)54-46(31-35)44-20-9-11-26-52-44/h2*1-32H. The molecule has 0 aliphatic carbocycles. The van der Waals surface area contributed by atoms with Crippen molar-refractivity contribution in [1.82, 2.24) is 58.1 Å². The second-order valence-corrected chi connectivity index (χ2v) is 27.9. The lowest BCUT2D eigenvalue weighted by atomic mass is 10.0. The molecule has 0 fully saturated rings. The summed E-state index contributed by atoms with van der Waals surface area (Å²) in [6.07, 6.45) is 7.63. The monoisotopic (exact) mass is 1430 g/mol. The van der Waals surface area contributed by atoms with Gasteiger partial charge in [0.15, 0.2) is 17.5 Å². The number of hydrogen-bond acceptors (Lipinski definition) is 8. The van der Waals surface area contributed by atoms with Gasteiger partial charge in [0.1, 0.15) is 11.3 Å². The van der Waals surface area contributed by atoms with Gasteiger partial charge in [0, 0.05) is 118 Å². The summed E-state index contributed by atoms with van der Waals surface area (Å²) in [6.45, 7) is 0. The Morgan fingerprint density at radius 2 is 0.500 bits per heavy atom. The van der Waals surface area contributed by atoms with Gasteiger partial charge in [0.05, 0.1) is 55.9 Å². The second-order valence-electron chi connectivity index (χ2n) is 27.9. The molecular weight excluding hydrogens is 1370 g/mol. The van der Waals surface area contributed by atoms with Crippen LogP contribution in [0.1, 0.15) is 0 Å². The summed E-state index contributed by atoms with van der Waals surface area (Å²) in [5.74, 6) is 1.93. The minimum absolute atomic E-state index is 0.633. The lowest BCUT2D eigenvalue weighted by Crippen LogP contribution is -2.00. The van der Waals surface area contributed by atoms with Crippen molar-refractivity contribution in [2.45, 2.75) is 0 Å². The van der Waals surface area contributed by atoms with Crippen LogP contribution in [0.25, 0.3) is 201 Å². The second kappa shape index (κ2) is 27.4. The van der Waals surface area contributed by atoms with Gasteiger partial charge in [0.25, 0.3) is 0 Å². The third kappa shape index (κ3) is 11.5. The minimum Gasteiger partial charge on any atom is -0.309 e. The molecule has 0 saturated carbocycles. The van der Waals surface area contributed by atoms with E-state index >= 15 is 0 Å². The van der Waals surface area contributed by atoms with Crippen molar-refractivity contribution in [1.29, 1.82) is 0 Å². The molecule has 12 aromatic carbocycles. The summed E-state index contributed by atoms with van der Waals surface area (Å²) >= 11 is 0. The fourth-order valence-electron chi connectivity index (χ4n) is 16.1. The molecular formula is C100H64N12. The summed E-state index contributed by atoms with van der Waals surface area (Å²) in [4.78, 5) is 39.2. The largest absolute Gasteiger partial charge is 0.309 e. The van der Waals surface area contributed by atoms with Gasteiger partial charge in [-0.2, -0.15) is 0 Å². The molecule has 112 heavy (non-hydrogen) atoms. The van der Waals surface area contributed by atoms with Crippen LogP contribution in [0.5, 0.6) is 0 Å². The zero-order valence-electron chi connectivity index (χ0n) is 60.3. The Labute approximate surface area is 643 Å². The molecule has 0 saturated heterocycles. The molecule has 0 N–H and O–H groups in total. The Hall–Kier alpha value is -15.4. The molecule has 0 radical (unpaired) electrons. The molecule has 10 heterocycles. The van der Waals surface area contributed by atoms with Crippen molar-refractivity contribution >= 4 is 87.5 Å². The van der Waals surface area contributed by atoms with Crippen molar-refractivity contribution in [3.8, 4) is 113 Å². The fraction of sp³-hybridized carbons (Fsp3) is 0. The predicted molar refractivity (Wildman–Crippen MR) is 456 cm³/mol. The SMILES string of the molecule is c1ccc(-c2nc(-c3ccccc3)nc(-c3ccc(-n4c5ccccc5c5cc(-c6cnc7c(c6)c6ccccc6n7-c6ccccc6)ccc54)cc3)n2)cc1.c1ccc(-n2c3ccccc3c3cc(-c4ccc5c(c4)c4ccccc4n5-c4cccc(-c5cc(-c6ccccn6)nc(-c6ccccn6)c5)c4)cnc32)cc1. The van der Waals surface area contributed by atoms with E-state index < -0.39 is 0 Å². The molecule has 0 unspecified atom stereocenters. The van der Waals surface area contributed by atoms with Gasteiger partial charge in [-0.15, -0.1) is 0 Å². The zero-order valence-corrected chi connectivity index (χ0v) is 60.3. The highest BCUT2D eigenvalue weighted by molar-refractivity contribution is 6.14. The normalized spacial score (nSPS) is 11.6. The number of nitrogens with zero attached hydrogens (tertiary/aromatic N) is 12. The van der Waals surface area contributed by atoms with Gasteiger partial charge < -0.3 is 9.13 Å². The van der Waals surface area contributed by atoms with Gasteiger partial charge in [-0.1, -0.05) is 206 Å². The van der Waals surface area contributed by atoms with Gasteiger partial charge in [-0.05, 0) is 180 Å². The number of benzene rings is 12. The molecule has 0 bridgehead atoms.